The molecule has 1 aromatic heterocycles. The molecule has 0 spiro atoms. The van der Waals surface area contributed by atoms with Crippen molar-refractivity contribution in [1.29, 1.82) is 0 Å². The number of ether oxygens (including phenoxy) is 1. The summed E-state index contributed by atoms with van der Waals surface area (Å²) in [7, 11) is -3.67. The second kappa shape index (κ2) is 5.66. The van der Waals surface area contributed by atoms with E-state index < -0.39 is 15.6 Å². The van der Waals surface area contributed by atoms with Crippen LogP contribution in [0.25, 0.3) is 0 Å². The minimum Gasteiger partial charge on any atom is -0.493 e. The Morgan fingerprint density at radius 2 is 2.23 bits per heavy atom. The average molecular weight is 339 g/mol. The molecule has 0 amide bonds. The highest BCUT2D eigenvalue weighted by molar-refractivity contribution is 7.89. The fraction of sp³-hybridized carbons (Fsp3) is 0.333. The third-order valence-electron chi connectivity index (χ3n) is 3.63. The SMILES string of the molecule is CC(O)(CNS(=O)(=O)c1ccc2c(c1)CCO2)c1cccs1. The first-order chi connectivity index (χ1) is 10.4. The molecule has 2 aromatic rings. The molecule has 7 heteroatoms. The number of hydrogen-bond acceptors (Lipinski definition) is 5. The van der Waals surface area contributed by atoms with Crippen LogP contribution >= 0.6 is 11.3 Å². The van der Waals surface area contributed by atoms with Crippen LogP contribution in [-0.2, 0) is 22.0 Å². The summed E-state index contributed by atoms with van der Waals surface area (Å²) >= 11 is 1.39. The lowest BCUT2D eigenvalue weighted by Gasteiger charge is -2.22. The summed E-state index contributed by atoms with van der Waals surface area (Å²) in [5.41, 5.74) is -0.339. The van der Waals surface area contributed by atoms with Crippen molar-refractivity contribution in [2.24, 2.45) is 0 Å². The zero-order valence-electron chi connectivity index (χ0n) is 12.1. The van der Waals surface area contributed by atoms with Crippen molar-refractivity contribution in [2.75, 3.05) is 13.2 Å². The molecule has 1 atom stereocenters. The maximum atomic E-state index is 12.4. The Labute approximate surface area is 133 Å². The van der Waals surface area contributed by atoms with E-state index >= 15 is 0 Å². The summed E-state index contributed by atoms with van der Waals surface area (Å²) in [5.74, 6) is 0.740. The normalized spacial score (nSPS) is 16.8. The summed E-state index contributed by atoms with van der Waals surface area (Å²) in [6, 6.07) is 8.43. The Kier molecular flexibility index (Phi) is 3.98. The van der Waals surface area contributed by atoms with Crippen LogP contribution in [0.4, 0.5) is 0 Å². The summed E-state index contributed by atoms with van der Waals surface area (Å²) < 4.78 is 32.6. The molecule has 5 nitrogen and oxygen atoms in total. The molecule has 118 valence electrons. The smallest absolute Gasteiger partial charge is 0.240 e. The first-order valence-corrected chi connectivity index (χ1v) is 9.26. The zero-order chi connectivity index (χ0) is 15.8. The van der Waals surface area contributed by atoms with Gasteiger partial charge in [-0.2, -0.15) is 0 Å². The fourth-order valence-corrected chi connectivity index (χ4v) is 4.29. The Morgan fingerprint density at radius 3 is 2.95 bits per heavy atom. The van der Waals surface area contributed by atoms with Crippen molar-refractivity contribution in [2.45, 2.75) is 23.8 Å². The van der Waals surface area contributed by atoms with Crippen molar-refractivity contribution in [3.8, 4) is 5.75 Å². The maximum absolute atomic E-state index is 12.4. The largest absolute Gasteiger partial charge is 0.493 e. The number of nitrogens with one attached hydrogen (secondary N) is 1. The number of aliphatic hydroxyl groups is 1. The van der Waals surface area contributed by atoms with Crippen LogP contribution < -0.4 is 9.46 Å². The van der Waals surface area contributed by atoms with Crippen LogP contribution in [0.3, 0.4) is 0 Å². The predicted octanol–water partition coefficient (Wildman–Crippen LogP) is 1.87. The van der Waals surface area contributed by atoms with Gasteiger partial charge in [0.15, 0.2) is 0 Å². The van der Waals surface area contributed by atoms with Crippen LogP contribution in [0.1, 0.15) is 17.4 Å². The van der Waals surface area contributed by atoms with Gasteiger partial charge in [0.2, 0.25) is 10.0 Å². The van der Waals surface area contributed by atoms with Crippen molar-refractivity contribution in [1.82, 2.24) is 4.72 Å². The minimum atomic E-state index is -3.67. The van der Waals surface area contributed by atoms with Crippen LogP contribution in [-0.4, -0.2) is 26.7 Å². The highest BCUT2D eigenvalue weighted by Gasteiger charge is 2.27. The molecule has 2 heterocycles. The molecule has 0 saturated carbocycles. The number of hydrogen-bond donors (Lipinski definition) is 2. The van der Waals surface area contributed by atoms with Gasteiger partial charge in [-0.25, -0.2) is 13.1 Å². The van der Waals surface area contributed by atoms with Gasteiger partial charge in [-0.15, -0.1) is 11.3 Å². The van der Waals surface area contributed by atoms with E-state index in [1.165, 1.54) is 17.4 Å². The van der Waals surface area contributed by atoms with Crippen LogP contribution in [0, 0.1) is 0 Å². The van der Waals surface area contributed by atoms with Gasteiger partial charge in [-0.1, -0.05) is 6.07 Å². The number of fused-ring (bicyclic) bond motifs is 1. The van der Waals surface area contributed by atoms with E-state index in [4.69, 9.17) is 4.74 Å². The van der Waals surface area contributed by atoms with Gasteiger partial charge in [-0.3, -0.25) is 0 Å². The quantitative estimate of drug-likeness (QED) is 0.872. The lowest BCUT2D eigenvalue weighted by Crippen LogP contribution is -2.38. The highest BCUT2D eigenvalue weighted by Crippen LogP contribution is 2.28. The van der Waals surface area contributed by atoms with Gasteiger partial charge < -0.3 is 9.84 Å². The number of thiophene rings is 1. The molecule has 0 bridgehead atoms. The van der Waals surface area contributed by atoms with E-state index in [0.29, 0.717) is 13.0 Å². The highest BCUT2D eigenvalue weighted by atomic mass is 32.2. The van der Waals surface area contributed by atoms with E-state index in [0.717, 1.165) is 16.2 Å². The maximum Gasteiger partial charge on any atom is 0.240 e. The molecule has 0 aliphatic carbocycles. The summed E-state index contributed by atoms with van der Waals surface area (Å²) in [4.78, 5) is 0.913. The number of rotatable bonds is 5. The van der Waals surface area contributed by atoms with E-state index in [1.54, 1.807) is 25.1 Å². The van der Waals surface area contributed by atoms with Crippen molar-refractivity contribution in [3.05, 3.63) is 46.2 Å². The molecule has 22 heavy (non-hydrogen) atoms. The average Bonchev–Trinajstić information content (AvgIpc) is 3.15. The number of sulfonamides is 1. The summed E-state index contributed by atoms with van der Waals surface area (Å²) in [5, 5.41) is 12.2. The Balaban J connectivity index is 1.77. The molecule has 2 N–H and O–H groups in total. The molecule has 0 radical (unpaired) electrons. The predicted molar refractivity (Wildman–Crippen MR) is 84.7 cm³/mol. The van der Waals surface area contributed by atoms with Crippen LogP contribution in [0.15, 0.2) is 40.6 Å². The molecule has 1 aliphatic rings. The van der Waals surface area contributed by atoms with Gasteiger partial charge in [0.25, 0.3) is 0 Å². The van der Waals surface area contributed by atoms with Gasteiger partial charge in [0, 0.05) is 17.8 Å². The molecule has 0 fully saturated rings. The first-order valence-electron chi connectivity index (χ1n) is 6.90. The minimum absolute atomic E-state index is 0.0799. The molecular weight excluding hydrogens is 322 g/mol. The third-order valence-corrected chi connectivity index (χ3v) is 6.15. The molecule has 1 aliphatic heterocycles. The first kappa shape index (κ1) is 15.5. The molecular formula is C15H17NO4S2. The van der Waals surface area contributed by atoms with Crippen molar-refractivity contribution >= 4 is 21.4 Å². The summed E-state index contributed by atoms with van der Waals surface area (Å²) in [6.07, 6.45) is 0.714. The monoisotopic (exact) mass is 339 g/mol. The Morgan fingerprint density at radius 1 is 1.41 bits per heavy atom. The standard InChI is InChI=1S/C15H17NO4S2/c1-15(17,14-3-2-8-21-14)10-16-22(18,19)12-4-5-13-11(9-12)6-7-20-13/h2-5,8-9,16-17H,6-7,10H2,1H3. The molecule has 3 rings (SSSR count). The van der Waals surface area contributed by atoms with Gasteiger partial charge in [0.1, 0.15) is 11.4 Å². The van der Waals surface area contributed by atoms with E-state index in [2.05, 4.69) is 4.72 Å². The second-order valence-electron chi connectivity index (χ2n) is 5.44. The lowest BCUT2D eigenvalue weighted by atomic mass is 10.1. The summed E-state index contributed by atoms with van der Waals surface area (Å²) in [6.45, 7) is 2.10. The molecule has 1 aromatic carbocycles. The van der Waals surface area contributed by atoms with Crippen molar-refractivity contribution in [3.63, 3.8) is 0 Å². The number of benzene rings is 1. The van der Waals surface area contributed by atoms with Crippen molar-refractivity contribution < 1.29 is 18.3 Å². The molecule has 0 saturated heterocycles. The van der Waals surface area contributed by atoms with Gasteiger partial charge >= 0.3 is 0 Å². The van der Waals surface area contributed by atoms with Crippen LogP contribution in [0.5, 0.6) is 5.75 Å². The third kappa shape index (κ3) is 3.03. The Hall–Kier alpha value is -1.41. The zero-order valence-corrected chi connectivity index (χ0v) is 13.7. The van der Waals surface area contributed by atoms with E-state index in [-0.39, 0.29) is 11.4 Å². The lowest BCUT2D eigenvalue weighted by molar-refractivity contribution is 0.0666. The fourth-order valence-electron chi connectivity index (χ4n) is 2.32. The van der Waals surface area contributed by atoms with E-state index in [9.17, 15) is 13.5 Å². The van der Waals surface area contributed by atoms with Gasteiger partial charge in [-0.05, 0) is 42.1 Å². The Bertz CT molecular complexity index is 767. The van der Waals surface area contributed by atoms with E-state index in [1.807, 2.05) is 11.4 Å². The topological polar surface area (TPSA) is 75.6 Å². The molecule has 1 unspecified atom stereocenters. The van der Waals surface area contributed by atoms with Crippen LogP contribution in [0.2, 0.25) is 0 Å². The second-order valence-corrected chi connectivity index (χ2v) is 8.16. The van der Waals surface area contributed by atoms with Gasteiger partial charge in [0.05, 0.1) is 11.5 Å².